The summed E-state index contributed by atoms with van der Waals surface area (Å²) < 4.78 is 0. The van der Waals surface area contributed by atoms with Gasteiger partial charge in [-0.05, 0) is 37.2 Å². The summed E-state index contributed by atoms with van der Waals surface area (Å²) in [6.07, 6.45) is 23.7. The van der Waals surface area contributed by atoms with Gasteiger partial charge in [0, 0.05) is 18.3 Å². The number of unbranched alkanes of at least 4 members (excludes halogenated alkanes) is 16. The lowest BCUT2D eigenvalue weighted by Gasteiger charge is -2.04. The molecule has 0 aliphatic carbocycles. The van der Waals surface area contributed by atoms with Crippen LogP contribution < -0.4 is 0 Å². The van der Waals surface area contributed by atoms with Gasteiger partial charge in [-0.25, -0.2) is 0 Å². The highest BCUT2D eigenvalue weighted by molar-refractivity contribution is 8.15. The largest absolute Gasteiger partial charge is 0.396 e. The molecule has 2 nitrogen and oxygen atoms in total. The first-order valence-corrected chi connectivity index (χ1v) is 14.1. The van der Waals surface area contributed by atoms with Crippen molar-refractivity contribution >= 4 is 23.5 Å². The van der Waals surface area contributed by atoms with Crippen LogP contribution in [0.2, 0.25) is 0 Å². The van der Waals surface area contributed by atoms with Gasteiger partial charge < -0.3 is 10.2 Å². The summed E-state index contributed by atoms with van der Waals surface area (Å²) in [4.78, 5) is 0. The van der Waals surface area contributed by atoms with E-state index < -0.39 is 0 Å². The highest BCUT2D eigenvalue weighted by atomic mass is 32.2. The van der Waals surface area contributed by atoms with Gasteiger partial charge in [0.2, 0.25) is 0 Å². The van der Waals surface area contributed by atoms with Gasteiger partial charge in [-0.15, -0.1) is 0 Å². The molecule has 0 radical (unpaired) electrons. The summed E-state index contributed by atoms with van der Waals surface area (Å²) in [5.74, 6) is 2.69. The van der Waals surface area contributed by atoms with E-state index in [4.69, 9.17) is 10.2 Å². The first-order valence-electron chi connectivity index (χ1n) is 11.8. The summed E-state index contributed by atoms with van der Waals surface area (Å²) in [5.41, 5.74) is 0. The minimum atomic E-state index is 0.364. The van der Waals surface area contributed by atoms with Crippen LogP contribution in [-0.4, -0.2) is 40.0 Å². The monoisotopic (exact) mass is 420 g/mol. The molecule has 0 aliphatic rings. The van der Waals surface area contributed by atoms with Crippen LogP contribution in [0.4, 0.5) is 0 Å². The minimum absolute atomic E-state index is 0.364. The van der Waals surface area contributed by atoms with Crippen molar-refractivity contribution < 1.29 is 10.2 Å². The summed E-state index contributed by atoms with van der Waals surface area (Å²) >= 11 is 4.27. The topological polar surface area (TPSA) is 40.5 Å². The number of rotatable bonds is 24. The Morgan fingerprint density at radius 2 is 0.593 bits per heavy atom. The summed E-state index contributed by atoms with van der Waals surface area (Å²) in [6, 6.07) is 0. The van der Waals surface area contributed by atoms with Gasteiger partial charge in [0.05, 0.1) is 0 Å². The molecule has 0 saturated heterocycles. The van der Waals surface area contributed by atoms with E-state index in [2.05, 4.69) is 23.5 Å². The molecule has 0 heterocycles. The van der Waals surface area contributed by atoms with Crippen LogP contribution >= 0.6 is 23.5 Å². The van der Waals surface area contributed by atoms with Crippen molar-refractivity contribution in [2.45, 2.75) is 116 Å². The van der Waals surface area contributed by atoms with Crippen LogP contribution in [0, 0.1) is 0 Å². The Morgan fingerprint density at radius 1 is 0.333 bits per heavy atom. The zero-order valence-corrected chi connectivity index (χ0v) is 19.6. The summed E-state index contributed by atoms with van der Waals surface area (Å²) in [7, 11) is 0. The second-order valence-electron chi connectivity index (χ2n) is 7.75. The molecule has 0 rings (SSSR count). The van der Waals surface area contributed by atoms with Crippen LogP contribution in [0.25, 0.3) is 0 Å². The number of aliphatic hydroxyl groups is 2. The van der Waals surface area contributed by atoms with Crippen LogP contribution in [0.3, 0.4) is 0 Å². The van der Waals surface area contributed by atoms with Gasteiger partial charge in [0.25, 0.3) is 0 Å². The summed E-state index contributed by atoms with van der Waals surface area (Å²) in [6.45, 7) is 0.729. The quantitative estimate of drug-likeness (QED) is 0.126. The molecule has 2 N–H and O–H groups in total. The Balaban J connectivity index is 2.95. The predicted molar refractivity (Wildman–Crippen MR) is 127 cm³/mol. The fourth-order valence-electron chi connectivity index (χ4n) is 3.28. The van der Waals surface area contributed by atoms with Crippen LogP contribution in [-0.2, 0) is 0 Å². The highest BCUT2D eigenvalue weighted by Gasteiger charge is 1.96. The molecule has 27 heavy (non-hydrogen) atoms. The maximum Gasteiger partial charge on any atom is 0.0431 e. The second kappa shape index (κ2) is 26.6. The van der Waals surface area contributed by atoms with Crippen molar-refractivity contribution in [1.82, 2.24) is 0 Å². The third kappa shape index (κ3) is 26.6. The average molecular weight is 421 g/mol. The molecular formula is C23H48O2S2. The molecule has 0 aliphatic heterocycles. The molecule has 0 aromatic rings. The smallest absolute Gasteiger partial charge is 0.0431 e. The molecule has 4 heteroatoms. The summed E-state index contributed by atoms with van der Waals surface area (Å²) in [5, 5.41) is 18.7. The number of hydrogen-bond acceptors (Lipinski definition) is 4. The molecule has 0 saturated carbocycles. The number of hydrogen-bond donors (Lipinski definition) is 2. The Morgan fingerprint density at radius 3 is 0.889 bits per heavy atom. The fourth-order valence-corrected chi connectivity index (χ4v) is 5.51. The van der Waals surface area contributed by atoms with E-state index in [-0.39, 0.29) is 0 Å². The molecule has 0 atom stereocenters. The van der Waals surface area contributed by atoms with E-state index >= 15 is 0 Å². The van der Waals surface area contributed by atoms with E-state index in [0.717, 1.165) is 12.8 Å². The van der Waals surface area contributed by atoms with Gasteiger partial charge in [-0.2, -0.15) is 23.5 Å². The lowest BCUT2D eigenvalue weighted by atomic mass is 10.1. The lowest BCUT2D eigenvalue weighted by Crippen LogP contribution is -1.87. The third-order valence-electron chi connectivity index (χ3n) is 5.06. The average Bonchev–Trinajstić information content (AvgIpc) is 2.68. The van der Waals surface area contributed by atoms with E-state index in [0.29, 0.717) is 13.2 Å². The molecular weight excluding hydrogens is 372 g/mol. The van der Waals surface area contributed by atoms with Crippen molar-refractivity contribution in [3.8, 4) is 0 Å². The molecule has 0 aromatic heterocycles. The normalized spacial score (nSPS) is 11.3. The van der Waals surface area contributed by atoms with Gasteiger partial charge in [-0.3, -0.25) is 0 Å². The molecule has 0 fully saturated rings. The minimum Gasteiger partial charge on any atom is -0.396 e. The molecule has 164 valence electrons. The highest BCUT2D eigenvalue weighted by Crippen LogP contribution is 2.18. The molecule has 0 bridgehead atoms. The van der Waals surface area contributed by atoms with Gasteiger partial charge in [0.15, 0.2) is 0 Å². The van der Waals surface area contributed by atoms with E-state index in [1.807, 2.05) is 0 Å². The Kier molecular flexibility index (Phi) is 27.2. The van der Waals surface area contributed by atoms with Crippen LogP contribution in [0.1, 0.15) is 116 Å². The number of aliphatic hydroxyl groups excluding tert-OH is 2. The maximum absolute atomic E-state index is 8.73. The van der Waals surface area contributed by atoms with Crippen molar-refractivity contribution in [3.05, 3.63) is 0 Å². The van der Waals surface area contributed by atoms with E-state index in [1.165, 1.54) is 119 Å². The standard InChI is InChI=1S/C23H48O2S2/c24-19-15-11-7-3-1-5-9-13-17-21-26-23-27-22-18-14-10-6-2-4-8-12-16-20-25/h24-25H,1-23H2. The lowest BCUT2D eigenvalue weighted by molar-refractivity contribution is 0.282. The van der Waals surface area contributed by atoms with Crippen LogP contribution in [0.5, 0.6) is 0 Å². The molecule has 0 amide bonds. The Bertz CT molecular complexity index is 229. The SMILES string of the molecule is OCCCCCCCCCCCSCSCCCCCCCCCCCO. The Hall–Kier alpha value is 0.620. The molecule has 0 aromatic carbocycles. The van der Waals surface area contributed by atoms with Crippen molar-refractivity contribution in [3.63, 3.8) is 0 Å². The second-order valence-corrected chi connectivity index (χ2v) is 10.3. The zero-order chi connectivity index (χ0) is 19.7. The zero-order valence-electron chi connectivity index (χ0n) is 18.0. The van der Waals surface area contributed by atoms with Crippen molar-refractivity contribution in [1.29, 1.82) is 0 Å². The van der Waals surface area contributed by atoms with Crippen LogP contribution in [0.15, 0.2) is 0 Å². The number of thioether (sulfide) groups is 2. The fraction of sp³-hybridized carbons (Fsp3) is 1.00. The van der Waals surface area contributed by atoms with Gasteiger partial charge in [-0.1, -0.05) is 89.9 Å². The van der Waals surface area contributed by atoms with E-state index in [1.54, 1.807) is 0 Å². The predicted octanol–water partition coefficient (Wildman–Crippen LogP) is 7.42. The molecule has 0 unspecified atom stereocenters. The van der Waals surface area contributed by atoms with Gasteiger partial charge >= 0.3 is 0 Å². The maximum atomic E-state index is 8.73. The first-order chi connectivity index (χ1) is 13.4. The molecule has 0 spiro atoms. The van der Waals surface area contributed by atoms with Crippen molar-refractivity contribution in [2.75, 3.05) is 29.8 Å². The Labute approximate surface area is 179 Å². The van der Waals surface area contributed by atoms with Crippen molar-refractivity contribution in [2.24, 2.45) is 0 Å². The van der Waals surface area contributed by atoms with Gasteiger partial charge in [0.1, 0.15) is 0 Å². The third-order valence-corrected chi connectivity index (χ3v) is 7.55. The first kappa shape index (κ1) is 27.6. The van der Waals surface area contributed by atoms with E-state index in [9.17, 15) is 0 Å².